The largest absolute Gasteiger partial charge is 0.459 e. The van der Waals surface area contributed by atoms with Gasteiger partial charge in [-0.05, 0) is 53.9 Å². The lowest BCUT2D eigenvalue weighted by atomic mass is 9.79. The molecule has 128 valence electrons. The van der Waals surface area contributed by atoms with E-state index in [4.69, 9.17) is 4.74 Å². The van der Waals surface area contributed by atoms with Gasteiger partial charge in [-0.1, -0.05) is 13.3 Å². The fourth-order valence-corrected chi connectivity index (χ4v) is 3.58. The van der Waals surface area contributed by atoms with Gasteiger partial charge in [0.25, 0.3) is 0 Å². The summed E-state index contributed by atoms with van der Waals surface area (Å²) in [5.41, 5.74) is -0.127. The predicted molar refractivity (Wildman–Crippen MR) is 87.6 cm³/mol. The van der Waals surface area contributed by atoms with Crippen LogP contribution in [0.4, 0.5) is 0 Å². The minimum Gasteiger partial charge on any atom is -0.459 e. The van der Waals surface area contributed by atoms with Crippen molar-refractivity contribution in [1.29, 1.82) is 0 Å². The molecule has 5 nitrogen and oxygen atoms in total. The van der Waals surface area contributed by atoms with Crippen LogP contribution in [0.3, 0.4) is 0 Å². The van der Waals surface area contributed by atoms with Crippen molar-refractivity contribution in [2.24, 2.45) is 0 Å². The quantitative estimate of drug-likeness (QED) is 0.626. The summed E-state index contributed by atoms with van der Waals surface area (Å²) in [5, 5.41) is 3.61. The molecule has 0 aromatic heterocycles. The van der Waals surface area contributed by atoms with Crippen LogP contribution in [0, 0.1) is 0 Å². The minimum absolute atomic E-state index is 0.0637. The van der Waals surface area contributed by atoms with Crippen LogP contribution in [0.15, 0.2) is 0 Å². The molecule has 1 rings (SSSR count). The van der Waals surface area contributed by atoms with Gasteiger partial charge in [-0.15, -0.1) is 0 Å². The molecule has 1 amide bonds. The van der Waals surface area contributed by atoms with Gasteiger partial charge in [0.05, 0.1) is 6.61 Å². The van der Waals surface area contributed by atoms with E-state index >= 15 is 0 Å². The summed E-state index contributed by atoms with van der Waals surface area (Å²) >= 11 is 0. The number of rotatable bonds is 5. The number of hydrogen-bond acceptors (Lipinski definition) is 4. The van der Waals surface area contributed by atoms with Gasteiger partial charge < -0.3 is 15.0 Å². The van der Waals surface area contributed by atoms with E-state index in [9.17, 15) is 9.59 Å². The zero-order valence-corrected chi connectivity index (χ0v) is 15.0. The highest BCUT2D eigenvalue weighted by Crippen LogP contribution is 2.31. The number of carbonyl (C=O) groups is 2. The van der Waals surface area contributed by atoms with Gasteiger partial charge in [0.2, 0.25) is 0 Å². The Balaban J connectivity index is 2.95. The van der Waals surface area contributed by atoms with E-state index in [-0.39, 0.29) is 23.7 Å². The SMILES string of the molecule is CCCCN(C(=O)C(=O)OCC)C1CC(C)(C)NC(C)(C)C1. The van der Waals surface area contributed by atoms with Crippen molar-refractivity contribution in [3.63, 3.8) is 0 Å². The van der Waals surface area contributed by atoms with Crippen molar-refractivity contribution in [2.45, 2.75) is 84.3 Å². The summed E-state index contributed by atoms with van der Waals surface area (Å²) in [6.07, 6.45) is 3.57. The van der Waals surface area contributed by atoms with E-state index in [2.05, 4.69) is 39.9 Å². The first-order chi connectivity index (χ1) is 10.1. The molecule has 22 heavy (non-hydrogen) atoms. The van der Waals surface area contributed by atoms with Gasteiger partial charge >= 0.3 is 11.9 Å². The number of ether oxygens (including phenoxy) is 1. The standard InChI is InChI=1S/C17H32N2O3/c1-7-9-10-19(14(20)15(21)22-8-2)13-11-16(3,4)18-17(5,6)12-13/h13,18H,7-12H2,1-6H3. The maximum Gasteiger partial charge on any atom is 0.397 e. The second kappa shape index (κ2) is 7.44. The van der Waals surface area contributed by atoms with E-state index in [1.54, 1.807) is 11.8 Å². The molecule has 5 heteroatoms. The summed E-state index contributed by atoms with van der Waals surface area (Å²) in [6, 6.07) is 0.0645. The summed E-state index contributed by atoms with van der Waals surface area (Å²) < 4.78 is 4.91. The molecule has 0 atom stereocenters. The molecular weight excluding hydrogens is 280 g/mol. The molecule has 1 aliphatic rings. The maximum atomic E-state index is 12.5. The van der Waals surface area contributed by atoms with Crippen LogP contribution in [-0.2, 0) is 14.3 Å². The maximum absolute atomic E-state index is 12.5. The van der Waals surface area contributed by atoms with Crippen LogP contribution in [0.25, 0.3) is 0 Å². The number of amides is 1. The monoisotopic (exact) mass is 312 g/mol. The number of esters is 1. The van der Waals surface area contributed by atoms with E-state index in [0.29, 0.717) is 6.54 Å². The van der Waals surface area contributed by atoms with Crippen LogP contribution in [0.2, 0.25) is 0 Å². The molecule has 1 N–H and O–H groups in total. The Bertz CT molecular complexity index is 389. The van der Waals surface area contributed by atoms with Crippen molar-refractivity contribution >= 4 is 11.9 Å². The first-order valence-corrected chi connectivity index (χ1v) is 8.39. The van der Waals surface area contributed by atoms with Gasteiger partial charge in [-0.3, -0.25) is 4.79 Å². The third-order valence-electron chi connectivity index (χ3n) is 4.07. The first kappa shape index (κ1) is 18.9. The van der Waals surface area contributed by atoms with Crippen molar-refractivity contribution in [3.8, 4) is 0 Å². The molecule has 0 aliphatic carbocycles. The summed E-state index contributed by atoms with van der Waals surface area (Å²) in [5.74, 6) is -1.22. The highest BCUT2D eigenvalue weighted by molar-refractivity contribution is 6.32. The van der Waals surface area contributed by atoms with Crippen molar-refractivity contribution in [1.82, 2.24) is 10.2 Å². The zero-order chi connectivity index (χ0) is 17.0. The highest BCUT2D eigenvalue weighted by Gasteiger charge is 2.42. The van der Waals surface area contributed by atoms with Crippen LogP contribution in [0.1, 0.15) is 67.2 Å². The fourth-order valence-electron chi connectivity index (χ4n) is 3.58. The molecule has 0 bridgehead atoms. The number of carbonyl (C=O) groups excluding carboxylic acids is 2. The molecule has 1 heterocycles. The predicted octanol–water partition coefficient (Wildman–Crippen LogP) is 2.49. The van der Waals surface area contributed by atoms with Crippen LogP contribution in [-0.4, -0.2) is 47.0 Å². The number of hydrogen-bond donors (Lipinski definition) is 1. The molecule has 0 spiro atoms. The van der Waals surface area contributed by atoms with Gasteiger partial charge in [0, 0.05) is 23.7 Å². The van der Waals surface area contributed by atoms with Gasteiger partial charge in [0.15, 0.2) is 0 Å². The molecule has 0 aromatic rings. The lowest BCUT2D eigenvalue weighted by molar-refractivity contribution is -0.162. The third-order valence-corrected chi connectivity index (χ3v) is 4.07. The fraction of sp³-hybridized carbons (Fsp3) is 0.882. The topological polar surface area (TPSA) is 58.6 Å². The normalized spacial score (nSPS) is 20.5. The van der Waals surface area contributed by atoms with Gasteiger partial charge in [-0.2, -0.15) is 0 Å². The Hall–Kier alpha value is -1.10. The number of unbranched alkanes of at least 4 members (excludes halogenated alkanes) is 1. The van der Waals surface area contributed by atoms with Crippen molar-refractivity contribution in [2.75, 3.05) is 13.2 Å². The van der Waals surface area contributed by atoms with E-state index in [1.807, 2.05) is 0 Å². The zero-order valence-electron chi connectivity index (χ0n) is 15.0. The first-order valence-electron chi connectivity index (χ1n) is 8.39. The van der Waals surface area contributed by atoms with Crippen LogP contribution >= 0.6 is 0 Å². The molecule has 0 radical (unpaired) electrons. The third kappa shape index (κ3) is 5.27. The number of nitrogens with one attached hydrogen (secondary N) is 1. The highest BCUT2D eigenvalue weighted by atomic mass is 16.5. The smallest absolute Gasteiger partial charge is 0.397 e. The average molecular weight is 312 g/mol. The number of nitrogens with zero attached hydrogens (tertiary/aromatic N) is 1. The Kier molecular flexibility index (Phi) is 6.41. The Morgan fingerprint density at radius 1 is 1.14 bits per heavy atom. The molecular formula is C17H32N2O3. The lowest BCUT2D eigenvalue weighted by Gasteiger charge is -2.49. The van der Waals surface area contributed by atoms with Gasteiger partial charge in [0.1, 0.15) is 0 Å². The van der Waals surface area contributed by atoms with E-state index in [0.717, 1.165) is 25.7 Å². The van der Waals surface area contributed by atoms with Crippen molar-refractivity contribution in [3.05, 3.63) is 0 Å². The number of piperidine rings is 1. The Morgan fingerprint density at radius 2 is 1.68 bits per heavy atom. The molecule has 0 aromatic carbocycles. The second-order valence-electron chi connectivity index (χ2n) is 7.53. The minimum atomic E-state index is -0.729. The second-order valence-corrected chi connectivity index (χ2v) is 7.53. The van der Waals surface area contributed by atoms with Crippen molar-refractivity contribution < 1.29 is 14.3 Å². The summed E-state index contributed by atoms with van der Waals surface area (Å²) in [4.78, 5) is 26.1. The molecule has 1 aliphatic heterocycles. The molecule has 1 fully saturated rings. The summed E-state index contributed by atoms with van der Waals surface area (Å²) in [6.45, 7) is 13.2. The van der Waals surface area contributed by atoms with E-state index in [1.165, 1.54) is 0 Å². The average Bonchev–Trinajstić information content (AvgIpc) is 2.35. The van der Waals surface area contributed by atoms with Gasteiger partial charge in [-0.25, -0.2) is 4.79 Å². The summed E-state index contributed by atoms with van der Waals surface area (Å²) in [7, 11) is 0. The lowest BCUT2D eigenvalue weighted by Crippen LogP contribution is -2.63. The Labute approximate surface area is 134 Å². The molecule has 0 saturated carbocycles. The van der Waals surface area contributed by atoms with Crippen LogP contribution in [0.5, 0.6) is 0 Å². The van der Waals surface area contributed by atoms with E-state index < -0.39 is 11.9 Å². The van der Waals surface area contributed by atoms with Crippen LogP contribution < -0.4 is 5.32 Å². The molecule has 1 saturated heterocycles. The Morgan fingerprint density at radius 3 is 2.14 bits per heavy atom. The molecule has 0 unspecified atom stereocenters.